The van der Waals surface area contributed by atoms with Crippen LogP contribution >= 0.6 is 11.6 Å². The first kappa shape index (κ1) is 22.4. The van der Waals surface area contributed by atoms with Gasteiger partial charge in [0.1, 0.15) is 17.0 Å². The van der Waals surface area contributed by atoms with Crippen LogP contribution in [-0.2, 0) is 15.1 Å². The Kier molecular flexibility index (Phi) is 5.79. The molecule has 8 nitrogen and oxygen atoms in total. The number of halogens is 1. The zero-order valence-electron chi connectivity index (χ0n) is 18.3. The summed E-state index contributed by atoms with van der Waals surface area (Å²) < 4.78 is 10.6. The fourth-order valence-electron chi connectivity index (χ4n) is 4.64. The van der Waals surface area contributed by atoms with Gasteiger partial charge < -0.3 is 25.2 Å². The molecule has 32 heavy (non-hydrogen) atoms. The van der Waals surface area contributed by atoms with Gasteiger partial charge >= 0.3 is 0 Å². The molecule has 0 saturated carbocycles. The summed E-state index contributed by atoms with van der Waals surface area (Å²) in [6.07, 6.45) is -0.512. The van der Waals surface area contributed by atoms with Gasteiger partial charge in [0, 0.05) is 17.7 Å². The predicted octanol–water partition coefficient (Wildman–Crippen LogP) is 2.81. The lowest BCUT2D eigenvalue weighted by molar-refractivity contribution is -0.130. The first-order chi connectivity index (χ1) is 15.2. The van der Waals surface area contributed by atoms with Gasteiger partial charge in [0.25, 0.3) is 0 Å². The van der Waals surface area contributed by atoms with Gasteiger partial charge in [0.05, 0.1) is 42.6 Å². The van der Waals surface area contributed by atoms with E-state index < -0.39 is 23.6 Å². The molecule has 170 valence electrons. The van der Waals surface area contributed by atoms with Crippen LogP contribution < -0.4 is 25.4 Å². The van der Waals surface area contributed by atoms with Crippen molar-refractivity contribution in [3.8, 4) is 11.5 Å². The smallest absolute Gasteiger partial charge is 0.250 e. The maximum absolute atomic E-state index is 13.6. The Morgan fingerprint density at radius 2 is 2.03 bits per heavy atom. The molecule has 0 unspecified atom stereocenters. The van der Waals surface area contributed by atoms with E-state index in [0.717, 1.165) is 5.56 Å². The van der Waals surface area contributed by atoms with E-state index >= 15 is 0 Å². The second kappa shape index (κ2) is 8.27. The third-order valence-electron chi connectivity index (χ3n) is 6.24. The van der Waals surface area contributed by atoms with Gasteiger partial charge in [-0.05, 0) is 44.0 Å². The standard InChI is InChI=1S/C23H26ClN3O5/c1-11-7-14-20(16(24)8-11)26-22(30)23(14)15(10-17(27-23)12(2)28)21(29)25-18-9-13(31-3)5-6-19(18)32-4/h5-9,12,15,17,27-28H,10H2,1-4H3,(H,25,29)(H,26,30)/t12-,15-,17-,23+/m1/s1. The summed E-state index contributed by atoms with van der Waals surface area (Å²) in [5, 5.41) is 19.7. The minimum absolute atomic E-state index is 0.258. The maximum atomic E-state index is 13.6. The number of nitrogens with one attached hydrogen (secondary N) is 3. The summed E-state index contributed by atoms with van der Waals surface area (Å²) in [5.74, 6) is -0.555. The van der Waals surface area contributed by atoms with Gasteiger partial charge in [-0.25, -0.2) is 0 Å². The van der Waals surface area contributed by atoms with Gasteiger partial charge in [0.15, 0.2) is 0 Å². The van der Waals surface area contributed by atoms with Crippen molar-refractivity contribution in [1.82, 2.24) is 5.32 Å². The molecular formula is C23H26ClN3O5. The molecule has 1 spiro atoms. The highest BCUT2D eigenvalue weighted by atomic mass is 35.5. The molecular weight excluding hydrogens is 434 g/mol. The highest BCUT2D eigenvalue weighted by molar-refractivity contribution is 6.35. The van der Waals surface area contributed by atoms with E-state index in [2.05, 4.69) is 16.0 Å². The number of carbonyl (C=O) groups is 2. The van der Waals surface area contributed by atoms with Gasteiger partial charge in [0.2, 0.25) is 11.8 Å². The number of aliphatic hydroxyl groups is 1. The molecule has 2 aromatic rings. The Bertz CT molecular complexity index is 1090. The summed E-state index contributed by atoms with van der Waals surface area (Å²) >= 11 is 6.41. The van der Waals surface area contributed by atoms with Crippen molar-refractivity contribution in [3.63, 3.8) is 0 Å². The molecule has 4 atom stereocenters. The SMILES string of the molecule is COc1ccc(OC)c(NC(=O)[C@H]2C[C@H]([C@@H](C)O)N[C@]23C(=O)Nc2c(Cl)cc(C)cc23)c1. The minimum Gasteiger partial charge on any atom is -0.497 e. The van der Waals surface area contributed by atoms with Crippen molar-refractivity contribution in [2.45, 2.75) is 38.0 Å². The monoisotopic (exact) mass is 459 g/mol. The van der Waals surface area contributed by atoms with Crippen LogP contribution in [0.2, 0.25) is 5.02 Å². The van der Waals surface area contributed by atoms with Crippen LogP contribution in [0, 0.1) is 12.8 Å². The van der Waals surface area contributed by atoms with Crippen molar-refractivity contribution in [2.75, 3.05) is 24.9 Å². The number of rotatable bonds is 5. The summed E-state index contributed by atoms with van der Waals surface area (Å²) in [5.41, 5.74) is 1.02. The van der Waals surface area contributed by atoms with E-state index in [9.17, 15) is 14.7 Å². The zero-order valence-corrected chi connectivity index (χ0v) is 19.0. The molecule has 2 aliphatic heterocycles. The Labute approximate surface area is 191 Å². The second-order valence-corrected chi connectivity index (χ2v) is 8.67. The number of benzene rings is 2. The Morgan fingerprint density at radius 3 is 2.69 bits per heavy atom. The first-order valence-corrected chi connectivity index (χ1v) is 10.7. The summed E-state index contributed by atoms with van der Waals surface area (Å²) in [6, 6.07) is 8.22. The molecule has 9 heteroatoms. The van der Waals surface area contributed by atoms with Gasteiger partial charge in [-0.15, -0.1) is 0 Å². The molecule has 2 aliphatic rings. The molecule has 2 aromatic carbocycles. The number of fused-ring (bicyclic) bond motifs is 2. The molecule has 0 aliphatic carbocycles. The second-order valence-electron chi connectivity index (χ2n) is 8.27. The fraction of sp³-hybridized carbons (Fsp3) is 0.391. The van der Waals surface area contributed by atoms with E-state index in [1.807, 2.05) is 13.0 Å². The van der Waals surface area contributed by atoms with Gasteiger partial charge in [-0.2, -0.15) is 0 Å². The van der Waals surface area contributed by atoms with Crippen LogP contribution in [0.25, 0.3) is 0 Å². The van der Waals surface area contributed by atoms with Crippen molar-refractivity contribution in [2.24, 2.45) is 5.92 Å². The normalized spacial score (nSPS) is 24.8. The number of ether oxygens (including phenoxy) is 2. The number of aliphatic hydroxyl groups excluding tert-OH is 1. The largest absolute Gasteiger partial charge is 0.497 e. The average Bonchev–Trinajstić information content (AvgIpc) is 3.29. The topological polar surface area (TPSA) is 109 Å². The first-order valence-electron chi connectivity index (χ1n) is 10.3. The lowest BCUT2D eigenvalue weighted by Gasteiger charge is -2.30. The van der Waals surface area contributed by atoms with E-state index in [-0.39, 0.29) is 18.2 Å². The number of hydrogen-bond acceptors (Lipinski definition) is 6. The minimum atomic E-state index is -1.36. The number of anilines is 2. The summed E-state index contributed by atoms with van der Waals surface area (Å²) in [4.78, 5) is 26.9. The number of hydrogen-bond donors (Lipinski definition) is 4. The summed E-state index contributed by atoms with van der Waals surface area (Å²) in [7, 11) is 3.04. The third-order valence-corrected chi connectivity index (χ3v) is 6.54. The third kappa shape index (κ3) is 3.48. The predicted molar refractivity (Wildman–Crippen MR) is 121 cm³/mol. The molecule has 4 N–H and O–H groups in total. The van der Waals surface area contributed by atoms with Crippen molar-refractivity contribution >= 4 is 34.8 Å². The Hall–Kier alpha value is -2.81. The van der Waals surface area contributed by atoms with Crippen molar-refractivity contribution in [3.05, 3.63) is 46.5 Å². The van der Waals surface area contributed by atoms with Crippen LogP contribution in [0.5, 0.6) is 11.5 Å². The number of methoxy groups -OCH3 is 2. The van der Waals surface area contributed by atoms with Crippen LogP contribution in [-0.4, -0.2) is 43.3 Å². The zero-order chi connectivity index (χ0) is 23.2. The summed E-state index contributed by atoms with van der Waals surface area (Å²) in [6.45, 7) is 3.51. The number of aryl methyl sites for hydroxylation is 1. The van der Waals surface area contributed by atoms with E-state index in [0.29, 0.717) is 33.5 Å². The van der Waals surface area contributed by atoms with Gasteiger partial charge in [-0.1, -0.05) is 17.7 Å². The highest BCUT2D eigenvalue weighted by Crippen LogP contribution is 2.50. The van der Waals surface area contributed by atoms with E-state index in [1.54, 1.807) is 31.2 Å². The van der Waals surface area contributed by atoms with Crippen LogP contribution in [0.4, 0.5) is 11.4 Å². The number of carbonyl (C=O) groups excluding carboxylic acids is 2. The molecule has 2 heterocycles. The quantitative estimate of drug-likeness (QED) is 0.547. The average molecular weight is 460 g/mol. The van der Waals surface area contributed by atoms with Crippen molar-refractivity contribution in [1.29, 1.82) is 0 Å². The van der Waals surface area contributed by atoms with Crippen LogP contribution in [0.15, 0.2) is 30.3 Å². The maximum Gasteiger partial charge on any atom is 0.250 e. The molecule has 4 rings (SSSR count). The fourth-order valence-corrected chi connectivity index (χ4v) is 4.96. The van der Waals surface area contributed by atoms with E-state index in [4.69, 9.17) is 21.1 Å². The Morgan fingerprint density at radius 1 is 1.28 bits per heavy atom. The lowest BCUT2D eigenvalue weighted by atomic mass is 9.79. The number of amides is 2. The molecule has 0 aromatic heterocycles. The van der Waals surface area contributed by atoms with Crippen molar-refractivity contribution < 1.29 is 24.2 Å². The van der Waals surface area contributed by atoms with E-state index in [1.165, 1.54) is 14.2 Å². The molecule has 2 amide bonds. The Balaban J connectivity index is 1.78. The van der Waals surface area contributed by atoms with Crippen LogP contribution in [0.1, 0.15) is 24.5 Å². The molecule has 1 saturated heterocycles. The highest BCUT2D eigenvalue weighted by Gasteiger charge is 2.61. The van der Waals surface area contributed by atoms with Crippen LogP contribution in [0.3, 0.4) is 0 Å². The lowest BCUT2D eigenvalue weighted by Crippen LogP contribution is -2.53. The molecule has 0 bridgehead atoms. The van der Waals surface area contributed by atoms with Gasteiger partial charge in [-0.3, -0.25) is 14.9 Å². The molecule has 0 radical (unpaired) electrons. The molecule has 1 fully saturated rings.